The molecule has 0 fully saturated rings. The number of hydrogen-bond donors (Lipinski definition) is 1. The number of nitrogens with one attached hydrogen (secondary N) is 1. The lowest BCUT2D eigenvalue weighted by Gasteiger charge is -2.12. The Kier molecular flexibility index (Phi) is 4.73. The maximum absolute atomic E-state index is 11.8. The molecule has 0 saturated carbocycles. The standard InChI is InChI=1S/C11H16BrN3O/c1-4-6-15-11(16)10(12)9(7-13-15)14-8(3)5-2/h5,7-8,14H,2,4,6H2,1,3H3. The summed E-state index contributed by atoms with van der Waals surface area (Å²) in [5.74, 6) is 0. The summed E-state index contributed by atoms with van der Waals surface area (Å²) < 4.78 is 1.97. The lowest BCUT2D eigenvalue weighted by atomic mass is 10.3. The van der Waals surface area contributed by atoms with Crippen LogP contribution in [0.2, 0.25) is 0 Å². The zero-order valence-electron chi connectivity index (χ0n) is 9.53. The molecule has 0 spiro atoms. The van der Waals surface area contributed by atoms with E-state index < -0.39 is 0 Å². The monoisotopic (exact) mass is 285 g/mol. The molecule has 1 aromatic rings. The van der Waals surface area contributed by atoms with Crippen LogP contribution in [0.4, 0.5) is 5.69 Å². The van der Waals surface area contributed by atoms with Gasteiger partial charge in [0.15, 0.2) is 0 Å². The highest BCUT2D eigenvalue weighted by molar-refractivity contribution is 9.10. The second-order valence-corrected chi connectivity index (χ2v) is 4.36. The fraction of sp³-hybridized carbons (Fsp3) is 0.455. The largest absolute Gasteiger partial charge is 0.377 e. The van der Waals surface area contributed by atoms with Gasteiger partial charge in [0.1, 0.15) is 4.47 Å². The van der Waals surface area contributed by atoms with Gasteiger partial charge < -0.3 is 5.32 Å². The van der Waals surface area contributed by atoms with Gasteiger partial charge in [0, 0.05) is 12.6 Å². The van der Waals surface area contributed by atoms with Crippen molar-refractivity contribution in [2.45, 2.75) is 32.9 Å². The summed E-state index contributed by atoms with van der Waals surface area (Å²) in [6.45, 7) is 8.27. The van der Waals surface area contributed by atoms with Crippen LogP contribution in [-0.2, 0) is 6.54 Å². The molecule has 0 aromatic carbocycles. The Morgan fingerprint density at radius 1 is 1.75 bits per heavy atom. The minimum atomic E-state index is -0.108. The molecule has 0 radical (unpaired) electrons. The van der Waals surface area contributed by atoms with Crippen molar-refractivity contribution in [2.75, 3.05) is 5.32 Å². The van der Waals surface area contributed by atoms with E-state index in [0.717, 1.165) is 6.42 Å². The van der Waals surface area contributed by atoms with Crippen LogP contribution in [0.3, 0.4) is 0 Å². The fourth-order valence-corrected chi connectivity index (χ4v) is 1.66. The van der Waals surface area contributed by atoms with Gasteiger partial charge in [-0.05, 0) is 29.3 Å². The first-order chi connectivity index (χ1) is 7.60. The lowest BCUT2D eigenvalue weighted by molar-refractivity contribution is 0.565. The molecule has 0 saturated heterocycles. The topological polar surface area (TPSA) is 46.9 Å². The maximum Gasteiger partial charge on any atom is 0.283 e. The predicted molar refractivity (Wildman–Crippen MR) is 69.8 cm³/mol. The van der Waals surface area contributed by atoms with Gasteiger partial charge in [-0.2, -0.15) is 5.10 Å². The summed E-state index contributed by atoms with van der Waals surface area (Å²) in [5, 5.41) is 7.22. The van der Waals surface area contributed by atoms with Crippen molar-refractivity contribution in [1.29, 1.82) is 0 Å². The summed E-state index contributed by atoms with van der Waals surface area (Å²) >= 11 is 3.29. The molecule has 16 heavy (non-hydrogen) atoms. The van der Waals surface area contributed by atoms with E-state index in [4.69, 9.17) is 0 Å². The smallest absolute Gasteiger partial charge is 0.283 e. The van der Waals surface area contributed by atoms with Gasteiger partial charge in [-0.1, -0.05) is 13.0 Å². The number of halogens is 1. The summed E-state index contributed by atoms with van der Waals surface area (Å²) in [5.41, 5.74) is 0.591. The zero-order chi connectivity index (χ0) is 12.1. The molecule has 4 nitrogen and oxygen atoms in total. The number of aryl methyl sites for hydroxylation is 1. The third-order valence-electron chi connectivity index (χ3n) is 2.16. The van der Waals surface area contributed by atoms with E-state index in [-0.39, 0.29) is 11.6 Å². The molecule has 88 valence electrons. The molecule has 1 N–H and O–H groups in total. The van der Waals surface area contributed by atoms with Crippen molar-refractivity contribution < 1.29 is 0 Å². The summed E-state index contributed by atoms with van der Waals surface area (Å²) in [6.07, 6.45) is 4.31. The van der Waals surface area contributed by atoms with E-state index in [9.17, 15) is 4.79 Å². The molecule has 1 aromatic heterocycles. The van der Waals surface area contributed by atoms with Gasteiger partial charge in [-0.3, -0.25) is 4.79 Å². The number of nitrogens with zero attached hydrogens (tertiary/aromatic N) is 2. The molecular weight excluding hydrogens is 270 g/mol. The van der Waals surface area contributed by atoms with Crippen LogP contribution in [0.1, 0.15) is 20.3 Å². The molecule has 0 aliphatic heterocycles. The van der Waals surface area contributed by atoms with Gasteiger partial charge in [-0.25, -0.2) is 4.68 Å². The second kappa shape index (κ2) is 5.84. The van der Waals surface area contributed by atoms with Crippen molar-refractivity contribution in [2.24, 2.45) is 0 Å². The first kappa shape index (κ1) is 13.0. The molecule has 1 unspecified atom stereocenters. The van der Waals surface area contributed by atoms with Crippen LogP contribution in [0.5, 0.6) is 0 Å². The Morgan fingerprint density at radius 2 is 2.44 bits per heavy atom. The first-order valence-corrected chi connectivity index (χ1v) is 6.04. The Balaban J connectivity index is 3.02. The number of hydrogen-bond acceptors (Lipinski definition) is 3. The Hall–Kier alpha value is -1.10. The Morgan fingerprint density at radius 3 is 3.00 bits per heavy atom. The Labute approximate surface area is 103 Å². The van der Waals surface area contributed by atoms with Crippen LogP contribution >= 0.6 is 15.9 Å². The summed E-state index contributed by atoms with van der Waals surface area (Å²) in [7, 11) is 0. The molecule has 1 heterocycles. The number of rotatable bonds is 5. The third kappa shape index (κ3) is 2.95. The van der Waals surface area contributed by atoms with Gasteiger partial charge >= 0.3 is 0 Å². The second-order valence-electron chi connectivity index (χ2n) is 3.57. The zero-order valence-corrected chi connectivity index (χ0v) is 11.1. The number of anilines is 1. The van der Waals surface area contributed by atoms with Crippen LogP contribution < -0.4 is 10.9 Å². The highest BCUT2D eigenvalue weighted by atomic mass is 79.9. The van der Waals surface area contributed by atoms with E-state index in [1.165, 1.54) is 4.68 Å². The maximum atomic E-state index is 11.8. The van der Waals surface area contributed by atoms with E-state index in [0.29, 0.717) is 16.7 Å². The summed E-state index contributed by atoms with van der Waals surface area (Å²) in [6, 6.07) is 0.0968. The van der Waals surface area contributed by atoms with E-state index >= 15 is 0 Å². The lowest BCUT2D eigenvalue weighted by Crippen LogP contribution is -2.25. The third-order valence-corrected chi connectivity index (χ3v) is 2.92. The van der Waals surface area contributed by atoms with Crippen LogP contribution in [0.25, 0.3) is 0 Å². The van der Waals surface area contributed by atoms with Gasteiger partial charge in [0.05, 0.1) is 11.9 Å². The average molecular weight is 286 g/mol. The van der Waals surface area contributed by atoms with E-state index in [1.807, 2.05) is 13.8 Å². The summed E-state index contributed by atoms with van der Waals surface area (Å²) in [4.78, 5) is 11.8. The molecular formula is C11H16BrN3O. The van der Waals surface area contributed by atoms with Crippen molar-refractivity contribution >= 4 is 21.6 Å². The predicted octanol–water partition coefficient (Wildman–Crippen LogP) is 2.40. The first-order valence-electron chi connectivity index (χ1n) is 5.24. The van der Waals surface area contributed by atoms with Gasteiger partial charge in [0.2, 0.25) is 0 Å². The van der Waals surface area contributed by atoms with Gasteiger partial charge in [0.25, 0.3) is 5.56 Å². The molecule has 0 amide bonds. The quantitative estimate of drug-likeness (QED) is 0.845. The van der Waals surface area contributed by atoms with Crippen molar-refractivity contribution in [3.63, 3.8) is 0 Å². The van der Waals surface area contributed by atoms with Crippen molar-refractivity contribution in [3.05, 3.63) is 33.7 Å². The Bertz CT molecular complexity index is 428. The van der Waals surface area contributed by atoms with E-state index in [1.54, 1.807) is 12.3 Å². The number of aromatic nitrogens is 2. The average Bonchev–Trinajstić information content (AvgIpc) is 2.28. The van der Waals surface area contributed by atoms with E-state index in [2.05, 4.69) is 32.9 Å². The van der Waals surface area contributed by atoms with Gasteiger partial charge in [-0.15, -0.1) is 6.58 Å². The normalized spacial score (nSPS) is 12.2. The van der Waals surface area contributed by atoms with Crippen LogP contribution in [0.15, 0.2) is 28.1 Å². The molecule has 1 rings (SSSR count). The minimum absolute atomic E-state index is 0.0968. The SMILES string of the molecule is C=CC(C)Nc1cnn(CCC)c(=O)c1Br. The van der Waals surface area contributed by atoms with Crippen LogP contribution in [-0.4, -0.2) is 15.8 Å². The van der Waals surface area contributed by atoms with Crippen LogP contribution in [0, 0.1) is 0 Å². The van der Waals surface area contributed by atoms with Crippen molar-refractivity contribution in [1.82, 2.24) is 9.78 Å². The minimum Gasteiger partial charge on any atom is -0.377 e. The highest BCUT2D eigenvalue weighted by Crippen LogP contribution is 2.17. The van der Waals surface area contributed by atoms with Crippen molar-refractivity contribution in [3.8, 4) is 0 Å². The molecule has 0 bridgehead atoms. The molecule has 5 heteroatoms. The molecule has 1 atom stereocenters. The molecule has 0 aliphatic rings. The fourth-order valence-electron chi connectivity index (χ4n) is 1.24. The highest BCUT2D eigenvalue weighted by Gasteiger charge is 2.09. The molecule has 0 aliphatic carbocycles.